The van der Waals surface area contributed by atoms with Gasteiger partial charge in [-0.2, -0.15) is 0 Å². The molecule has 4 rings (SSSR count). The van der Waals surface area contributed by atoms with Gasteiger partial charge >= 0.3 is 0 Å². The van der Waals surface area contributed by atoms with Gasteiger partial charge in [0.05, 0.1) is 6.04 Å². The lowest BCUT2D eigenvalue weighted by atomic mass is 9.93. The predicted octanol–water partition coefficient (Wildman–Crippen LogP) is 6.90. The van der Waals surface area contributed by atoms with Crippen molar-refractivity contribution in [3.63, 3.8) is 0 Å². The van der Waals surface area contributed by atoms with Crippen LogP contribution >= 0.6 is 11.3 Å². The molecule has 0 N–H and O–H groups in total. The average molecular weight is 503 g/mol. The molecule has 36 heavy (non-hydrogen) atoms. The Balaban J connectivity index is 1.47. The monoisotopic (exact) mass is 502 g/mol. The van der Waals surface area contributed by atoms with E-state index in [0.29, 0.717) is 18.7 Å². The topological polar surface area (TPSA) is 40.6 Å². The van der Waals surface area contributed by atoms with Crippen LogP contribution in [0.5, 0.6) is 0 Å². The van der Waals surface area contributed by atoms with E-state index in [1.54, 1.807) is 16.2 Å². The number of unbranched alkanes of at least 4 members (excludes halogenated alkanes) is 3. The van der Waals surface area contributed by atoms with Gasteiger partial charge in [0, 0.05) is 23.5 Å². The molecule has 1 aromatic heterocycles. The number of amides is 2. The van der Waals surface area contributed by atoms with Crippen LogP contribution in [0.2, 0.25) is 0 Å². The van der Waals surface area contributed by atoms with Crippen molar-refractivity contribution >= 4 is 23.2 Å². The highest BCUT2D eigenvalue weighted by Crippen LogP contribution is 2.37. The van der Waals surface area contributed by atoms with Crippen LogP contribution in [0.15, 0.2) is 66.0 Å². The number of benzene rings is 2. The van der Waals surface area contributed by atoms with Crippen LogP contribution in [0.25, 0.3) is 0 Å². The molecule has 3 aromatic rings. The Morgan fingerprint density at radius 3 is 2.44 bits per heavy atom. The van der Waals surface area contributed by atoms with E-state index in [4.69, 9.17) is 0 Å². The first-order valence-electron chi connectivity index (χ1n) is 13.4. The lowest BCUT2D eigenvalue weighted by Crippen LogP contribution is -2.47. The van der Waals surface area contributed by atoms with Gasteiger partial charge in [-0.3, -0.25) is 9.59 Å². The lowest BCUT2D eigenvalue weighted by molar-refractivity contribution is -0.134. The minimum atomic E-state index is -0.0979. The Hall–Kier alpha value is -2.92. The molecule has 1 atom stereocenters. The van der Waals surface area contributed by atoms with Crippen molar-refractivity contribution in [2.75, 3.05) is 19.6 Å². The SMILES string of the molecule is CCCCCCc1ccc(C(=O)N(CCC)CC(=O)N2CCc3sccc3[C@@H]2c2ccccc2)cc1. The van der Waals surface area contributed by atoms with Gasteiger partial charge in [-0.15, -0.1) is 11.3 Å². The molecule has 0 saturated heterocycles. The molecule has 0 aliphatic carbocycles. The third-order valence-electron chi connectivity index (χ3n) is 7.03. The van der Waals surface area contributed by atoms with Gasteiger partial charge in [0.15, 0.2) is 0 Å². The van der Waals surface area contributed by atoms with Crippen molar-refractivity contribution in [3.8, 4) is 0 Å². The lowest BCUT2D eigenvalue weighted by Gasteiger charge is -2.37. The van der Waals surface area contributed by atoms with Crippen LogP contribution in [0.1, 0.15) is 83.9 Å². The molecule has 2 heterocycles. The minimum absolute atomic E-state index is 0.00930. The first-order chi connectivity index (χ1) is 17.6. The zero-order valence-corrected chi connectivity index (χ0v) is 22.4. The number of aryl methyl sites for hydroxylation is 1. The third-order valence-corrected chi connectivity index (χ3v) is 8.02. The molecule has 0 saturated carbocycles. The fraction of sp³-hybridized carbons (Fsp3) is 0.419. The van der Waals surface area contributed by atoms with Crippen LogP contribution in [0, 0.1) is 0 Å². The van der Waals surface area contributed by atoms with Gasteiger partial charge in [-0.25, -0.2) is 0 Å². The van der Waals surface area contributed by atoms with Crippen molar-refractivity contribution in [2.24, 2.45) is 0 Å². The van der Waals surface area contributed by atoms with Gasteiger partial charge in [0.25, 0.3) is 5.91 Å². The molecule has 1 aliphatic heterocycles. The van der Waals surface area contributed by atoms with E-state index < -0.39 is 0 Å². The summed E-state index contributed by atoms with van der Waals surface area (Å²) >= 11 is 1.77. The maximum Gasteiger partial charge on any atom is 0.254 e. The maximum absolute atomic E-state index is 13.7. The van der Waals surface area contributed by atoms with Crippen molar-refractivity contribution in [3.05, 3.63) is 93.2 Å². The van der Waals surface area contributed by atoms with E-state index in [2.05, 4.69) is 49.6 Å². The molecular formula is C31H38N2O2S. The molecule has 2 aromatic carbocycles. The van der Waals surface area contributed by atoms with Crippen LogP contribution in [0.3, 0.4) is 0 Å². The second-order valence-corrected chi connectivity index (χ2v) is 10.7. The first-order valence-corrected chi connectivity index (χ1v) is 14.3. The second-order valence-electron chi connectivity index (χ2n) is 9.68. The number of thiophene rings is 1. The predicted molar refractivity (Wildman–Crippen MR) is 149 cm³/mol. The molecule has 4 nitrogen and oxygen atoms in total. The Kier molecular flexibility index (Phi) is 9.35. The molecule has 5 heteroatoms. The fourth-order valence-corrected chi connectivity index (χ4v) is 6.01. The largest absolute Gasteiger partial charge is 0.330 e. The van der Waals surface area contributed by atoms with Gasteiger partial charge in [-0.1, -0.05) is 75.6 Å². The first kappa shape index (κ1) is 26.2. The van der Waals surface area contributed by atoms with Crippen molar-refractivity contribution in [1.29, 1.82) is 0 Å². The van der Waals surface area contributed by atoms with Gasteiger partial charge in [0.1, 0.15) is 6.54 Å². The zero-order chi connectivity index (χ0) is 25.3. The van der Waals surface area contributed by atoms with Crippen LogP contribution < -0.4 is 0 Å². The van der Waals surface area contributed by atoms with Crippen molar-refractivity contribution < 1.29 is 9.59 Å². The summed E-state index contributed by atoms with van der Waals surface area (Å²) in [5, 5.41) is 2.12. The normalized spacial score (nSPS) is 14.9. The number of carbonyl (C=O) groups is 2. The van der Waals surface area contributed by atoms with E-state index >= 15 is 0 Å². The number of carbonyl (C=O) groups excluding carboxylic acids is 2. The summed E-state index contributed by atoms with van der Waals surface area (Å²) in [5.74, 6) is -0.0535. The van der Waals surface area contributed by atoms with Gasteiger partial charge < -0.3 is 9.80 Å². The summed E-state index contributed by atoms with van der Waals surface area (Å²) < 4.78 is 0. The molecular weight excluding hydrogens is 464 g/mol. The third kappa shape index (κ3) is 6.25. The van der Waals surface area contributed by atoms with E-state index in [-0.39, 0.29) is 24.4 Å². The fourth-order valence-electron chi connectivity index (χ4n) is 5.11. The maximum atomic E-state index is 13.7. The Morgan fingerprint density at radius 1 is 0.944 bits per heavy atom. The van der Waals surface area contributed by atoms with Crippen LogP contribution in [-0.4, -0.2) is 41.2 Å². The summed E-state index contributed by atoms with van der Waals surface area (Å²) in [7, 11) is 0. The smallest absolute Gasteiger partial charge is 0.254 e. The molecule has 2 amide bonds. The summed E-state index contributed by atoms with van der Waals surface area (Å²) in [5.41, 5.74) is 4.26. The van der Waals surface area contributed by atoms with E-state index in [1.165, 1.54) is 41.7 Å². The van der Waals surface area contributed by atoms with Gasteiger partial charge in [-0.05, 0) is 66.0 Å². The van der Waals surface area contributed by atoms with Crippen LogP contribution in [-0.2, 0) is 17.6 Å². The zero-order valence-electron chi connectivity index (χ0n) is 21.6. The summed E-state index contributed by atoms with van der Waals surface area (Å²) in [6.07, 6.45) is 7.66. The number of hydrogen-bond donors (Lipinski definition) is 0. The molecule has 0 bridgehead atoms. The molecule has 0 fully saturated rings. The van der Waals surface area contributed by atoms with E-state index in [1.807, 2.05) is 35.2 Å². The number of hydrogen-bond acceptors (Lipinski definition) is 3. The van der Waals surface area contributed by atoms with Crippen molar-refractivity contribution in [2.45, 2.75) is 64.8 Å². The average Bonchev–Trinajstić information content (AvgIpc) is 3.40. The highest BCUT2D eigenvalue weighted by molar-refractivity contribution is 7.10. The number of nitrogens with zero attached hydrogens (tertiary/aromatic N) is 2. The molecule has 1 aliphatic rings. The second kappa shape index (κ2) is 12.9. The van der Waals surface area contributed by atoms with Crippen molar-refractivity contribution in [1.82, 2.24) is 9.80 Å². The number of rotatable bonds is 11. The number of fused-ring (bicyclic) bond motifs is 1. The standard InChI is InChI=1S/C31H38N2O2S/c1-3-5-6-8-11-24-14-16-26(17-15-24)31(35)32(20-4-2)23-29(34)33-21-18-28-27(19-22-36-28)30(33)25-12-9-7-10-13-25/h7,9-10,12-17,19,22,30H,3-6,8,11,18,20-21,23H2,1-2H3/t30-/m0/s1. The van der Waals surface area contributed by atoms with Gasteiger partial charge in [0.2, 0.25) is 5.91 Å². The van der Waals surface area contributed by atoms with E-state index in [0.717, 1.165) is 24.8 Å². The summed E-state index contributed by atoms with van der Waals surface area (Å²) in [6.45, 7) is 5.62. The Morgan fingerprint density at radius 2 is 1.72 bits per heavy atom. The Labute approximate surface area is 219 Å². The quantitative estimate of drug-likeness (QED) is 0.268. The summed E-state index contributed by atoms with van der Waals surface area (Å²) in [4.78, 5) is 32.2. The van der Waals surface area contributed by atoms with E-state index in [9.17, 15) is 9.59 Å². The van der Waals surface area contributed by atoms with Crippen LogP contribution in [0.4, 0.5) is 0 Å². The Bertz CT molecular complexity index is 1120. The molecule has 190 valence electrons. The minimum Gasteiger partial charge on any atom is -0.330 e. The summed E-state index contributed by atoms with van der Waals surface area (Å²) in [6, 6.07) is 20.3. The molecule has 0 spiro atoms. The highest BCUT2D eigenvalue weighted by atomic mass is 32.1. The molecule has 0 unspecified atom stereocenters. The highest BCUT2D eigenvalue weighted by Gasteiger charge is 2.33. The molecule has 0 radical (unpaired) electrons.